The third kappa shape index (κ3) is 2.10. The molecule has 0 radical (unpaired) electrons. The molecule has 6 heteroatoms. The van der Waals surface area contributed by atoms with Gasteiger partial charge in [0.05, 0.1) is 12.1 Å². The number of nitrogens with zero attached hydrogens (tertiary/aromatic N) is 2. The number of benzene rings is 1. The van der Waals surface area contributed by atoms with E-state index in [1.807, 2.05) is 0 Å². The molecule has 1 aromatic carbocycles. The van der Waals surface area contributed by atoms with Gasteiger partial charge in [-0.25, -0.2) is 4.68 Å². The highest BCUT2D eigenvalue weighted by atomic mass is 19.4. The maximum Gasteiger partial charge on any atom is 0.416 e. The molecule has 2 aliphatic rings. The number of aromatic nitrogens is 2. The molecule has 2 atom stereocenters. The van der Waals surface area contributed by atoms with E-state index >= 15 is 0 Å². The Morgan fingerprint density at radius 3 is 2.46 bits per heavy atom. The molecule has 2 unspecified atom stereocenters. The molecule has 1 heterocycles. The molecule has 2 aliphatic carbocycles. The zero-order valence-corrected chi connectivity index (χ0v) is 15.4. The minimum absolute atomic E-state index is 0.0207. The molecule has 0 N–H and O–H groups in total. The predicted molar refractivity (Wildman–Crippen MR) is 93.3 cm³/mol. The van der Waals surface area contributed by atoms with Crippen LogP contribution in [0.15, 0.2) is 29.1 Å². The van der Waals surface area contributed by atoms with Crippen LogP contribution in [0.25, 0.3) is 0 Å². The van der Waals surface area contributed by atoms with Gasteiger partial charge in [-0.05, 0) is 29.9 Å². The Kier molecular flexibility index (Phi) is 3.39. The average molecular weight is 364 g/mol. The van der Waals surface area contributed by atoms with Gasteiger partial charge < -0.3 is 0 Å². The van der Waals surface area contributed by atoms with Gasteiger partial charge in [0.1, 0.15) is 0 Å². The summed E-state index contributed by atoms with van der Waals surface area (Å²) < 4.78 is 43.2. The summed E-state index contributed by atoms with van der Waals surface area (Å²) >= 11 is 0. The van der Waals surface area contributed by atoms with E-state index in [4.69, 9.17) is 0 Å². The smallest absolute Gasteiger partial charge is 0.289 e. The largest absolute Gasteiger partial charge is 0.416 e. The number of alkyl halides is 3. The van der Waals surface area contributed by atoms with Crippen molar-refractivity contribution in [2.24, 2.45) is 12.5 Å². The van der Waals surface area contributed by atoms with Crippen molar-refractivity contribution in [3.63, 3.8) is 0 Å². The molecule has 4 rings (SSSR count). The lowest BCUT2D eigenvalue weighted by molar-refractivity contribution is -0.138. The minimum Gasteiger partial charge on any atom is -0.289 e. The third-order valence-electron chi connectivity index (χ3n) is 6.90. The molecule has 0 amide bonds. The van der Waals surface area contributed by atoms with E-state index in [-0.39, 0.29) is 28.5 Å². The van der Waals surface area contributed by atoms with E-state index in [2.05, 4.69) is 20.8 Å². The summed E-state index contributed by atoms with van der Waals surface area (Å²) in [7, 11) is 1.80. The molecular formula is C20H23F3N2O. The Balaban J connectivity index is 1.84. The second-order valence-electron chi connectivity index (χ2n) is 8.62. The Hall–Kier alpha value is -1.98. The number of halogens is 3. The van der Waals surface area contributed by atoms with E-state index < -0.39 is 11.7 Å². The number of hydrogen-bond donors (Lipinski definition) is 0. The van der Waals surface area contributed by atoms with Gasteiger partial charge >= 0.3 is 6.18 Å². The Morgan fingerprint density at radius 1 is 1.15 bits per heavy atom. The lowest BCUT2D eigenvalue weighted by Crippen LogP contribution is -2.39. The van der Waals surface area contributed by atoms with Crippen LogP contribution in [0.4, 0.5) is 13.2 Å². The van der Waals surface area contributed by atoms with Crippen LogP contribution in [0.5, 0.6) is 0 Å². The summed E-state index contributed by atoms with van der Waals surface area (Å²) in [5.41, 5.74) is 0.939. The molecule has 0 spiro atoms. The Morgan fingerprint density at radius 2 is 1.81 bits per heavy atom. The molecule has 140 valence electrons. The van der Waals surface area contributed by atoms with Crippen molar-refractivity contribution in [1.82, 2.24) is 9.36 Å². The SMILES string of the molecule is Cn1c2c(c(=O)n1Cc1ccccc1C(F)(F)F)C1(C)CC2CC1(C)C. The molecule has 2 bridgehead atoms. The lowest BCUT2D eigenvalue weighted by Gasteiger charge is -2.38. The van der Waals surface area contributed by atoms with Crippen molar-refractivity contribution in [2.75, 3.05) is 0 Å². The van der Waals surface area contributed by atoms with Crippen LogP contribution in [-0.2, 0) is 25.2 Å². The molecule has 1 aromatic heterocycles. The van der Waals surface area contributed by atoms with Gasteiger partial charge in [-0.3, -0.25) is 9.48 Å². The first-order chi connectivity index (χ1) is 12.0. The zero-order valence-electron chi connectivity index (χ0n) is 15.4. The van der Waals surface area contributed by atoms with E-state index in [0.717, 1.165) is 30.2 Å². The van der Waals surface area contributed by atoms with Crippen LogP contribution in [-0.4, -0.2) is 9.36 Å². The van der Waals surface area contributed by atoms with E-state index in [1.54, 1.807) is 17.8 Å². The first kappa shape index (κ1) is 17.4. The molecule has 2 aromatic rings. The fourth-order valence-corrected chi connectivity index (χ4v) is 5.24. The summed E-state index contributed by atoms with van der Waals surface area (Å²) in [5.74, 6) is 0.307. The van der Waals surface area contributed by atoms with Gasteiger partial charge in [-0.1, -0.05) is 39.0 Å². The first-order valence-electron chi connectivity index (χ1n) is 8.92. The molecule has 0 aliphatic heterocycles. The monoisotopic (exact) mass is 364 g/mol. The number of hydrogen-bond acceptors (Lipinski definition) is 1. The van der Waals surface area contributed by atoms with E-state index in [0.29, 0.717) is 5.92 Å². The van der Waals surface area contributed by atoms with Crippen LogP contribution < -0.4 is 5.56 Å². The van der Waals surface area contributed by atoms with Gasteiger partial charge in [-0.2, -0.15) is 13.2 Å². The van der Waals surface area contributed by atoms with Crippen LogP contribution in [0.3, 0.4) is 0 Å². The second kappa shape index (κ2) is 5.05. The molecule has 3 nitrogen and oxygen atoms in total. The quantitative estimate of drug-likeness (QED) is 0.774. The van der Waals surface area contributed by atoms with Crippen molar-refractivity contribution >= 4 is 0 Å². The van der Waals surface area contributed by atoms with Gasteiger partial charge in [0.2, 0.25) is 0 Å². The van der Waals surface area contributed by atoms with Crippen LogP contribution in [0.2, 0.25) is 0 Å². The average Bonchev–Trinajstić information content (AvgIpc) is 3.05. The highest BCUT2D eigenvalue weighted by Crippen LogP contribution is 2.64. The lowest BCUT2D eigenvalue weighted by atomic mass is 9.65. The topological polar surface area (TPSA) is 26.9 Å². The van der Waals surface area contributed by atoms with Crippen molar-refractivity contribution in [1.29, 1.82) is 0 Å². The van der Waals surface area contributed by atoms with Crippen LogP contribution in [0, 0.1) is 5.41 Å². The van der Waals surface area contributed by atoms with Crippen molar-refractivity contribution in [3.05, 3.63) is 57.0 Å². The van der Waals surface area contributed by atoms with E-state index in [9.17, 15) is 18.0 Å². The van der Waals surface area contributed by atoms with Gasteiger partial charge in [0.15, 0.2) is 0 Å². The molecule has 1 saturated carbocycles. The summed E-state index contributed by atoms with van der Waals surface area (Å²) in [5, 5.41) is 0. The number of rotatable bonds is 2. The van der Waals surface area contributed by atoms with Crippen molar-refractivity contribution in [3.8, 4) is 0 Å². The number of fused-ring (bicyclic) bond motifs is 5. The maximum absolute atomic E-state index is 13.3. The van der Waals surface area contributed by atoms with Gasteiger partial charge in [0, 0.05) is 29.6 Å². The molecular weight excluding hydrogens is 341 g/mol. The van der Waals surface area contributed by atoms with Crippen molar-refractivity contribution in [2.45, 2.75) is 57.7 Å². The zero-order chi connectivity index (χ0) is 19.1. The van der Waals surface area contributed by atoms with E-state index in [1.165, 1.54) is 16.8 Å². The summed E-state index contributed by atoms with van der Waals surface area (Å²) in [4.78, 5) is 13.2. The standard InChI is InChI=1S/C20H23F3N2O/c1-18(2)9-13-10-19(18,3)15-16(13)24(4)25(17(15)26)11-12-7-5-6-8-14(12)20(21,22)23/h5-8,13H,9-11H2,1-4H3. The fourth-order valence-electron chi connectivity index (χ4n) is 5.24. The second-order valence-corrected chi connectivity index (χ2v) is 8.62. The molecule has 26 heavy (non-hydrogen) atoms. The van der Waals surface area contributed by atoms with Gasteiger partial charge in [-0.15, -0.1) is 0 Å². The Labute approximate surface area is 150 Å². The normalized spacial score (nSPS) is 26.3. The van der Waals surface area contributed by atoms with Crippen LogP contribution >= 0.6 is 0 Å². The third-order valence-corrected chi connectivity index (χ3v) is 6.90. The highest BCUT2D eigenvalue weighted by molar-refractivity contribution is 5.44. The maximum atomic E-state index is 13.3. The first-order valence-corrected chi connectivity index (χ1v) is 8.92. The Bertz CT molecular complexity index is 951. The van der Waals surface area contributed by atoms with Crippen LogP contribution in [0.1, 0.15) is 61.9 Å². The minimum atomic E-state index is -4.43. The molecule has 1 fully saturated rings. The molecule has 0 saturated heterocycles. The highest BCUT2D eigenvalue weighted by Gasteiger charge is 2.60. The summed E-state index contributed by atoms with van der Waals surface area (Å²) in [6.07, 6.45) is -2.47. The van der Waals surface area contributed by atoms with Gasteiger partial charge in [0.25, 0.3) is 5.56 Å². The summed E-state index contributed by atoms with van der Waals surface area (Å²) in [6, 6.07) is 5.49. The summed E-state index contributed by atoms with van der Waals surface area (Å²) in [6.45, 7) is 6.44. The van der Waals surface area contributed by atoms with Crippen molar-refractivity contribution < 1.29 is 13.2 Å². The predicted octanol–water partition coefficient (Wildman–Crippen LogP) is 4.43. The fraction of sp³-hybridized carbons (Fsp3) is 0.550.